The van der Waals surface area contributed by atoms with Crippen LogP contribution in [0.3, 0.4) is 0 Å². The molecule has 0 bridgehead atoms. The molecule has 0 aliphatic rings. The molecule has 9 heteroatoms. The van der Waals surface area contributed by atoms with Gasteiger partial charge in [0.1, 0.15) is 5.82 Å². The van der Waals surface area contributed by atoms with Crippen LogP contribution < -0.4 is 10.6 Å². The van der Waals surface area contributed by atoms with Gasteiger partial charge in [-0.1, -0.05) is 18.2 Å². The molecule has 0 heterocycles. The molecule has 0 aromatic heterocycles. The highest BCUT2D eigenvalue weighted by Gasteiger charge is 2.07. The van der Waals surface area contributed by atoms with Gasteiger partial charge in [-0.15, -0.1) is 24.0 Å². The lowest BCUT2D eigenvalue weighted by atomic mass is 10.1. The zero-order valence-corrected chi connectivity index (χ0v) is 20.7. The normalized spacial score (nSPS) is 11.7. The van der Waals surface area contributed by atoms with Crippen LogP contribution in [-0.4, -0.2) is 40.5 Å². The first kappa shape index (κ1) is 25.7. The van der Waals surface area contributed by atoms with Crippen LogP contribution in [0.25, 0.3) is 0 Å². The Balaban J connectivity index is 0.00000420. The average Bonchev–Trinajstić information content (AvgIpc) is 2.65. The molecule has 0 unspecified atom stereocenters. The molecule has 2 aromatic carbocycles. The van der Waals surface area contributed by atoms with E-state index in [1.165, 1.54) is 12.3 Å². The van der Waals surface area contributed by atoms with Gasteiger partial charge in [0, 0.05) is 32.1 Å². The van der Waals surface area contributed by atoms with Crippen molar-refractivity contribution in [2.75, 3.05) is 26.1 Å². The molecule has 0 atom stereocenters. The summed E-state index contributed by atoms with van der Waals surface area (Å²) in [7, 11) is -1.47. The van der Waals surface area contributed by atoms with Crippen LogP contribution in [0.2, 0.25) is 0 Å². The maximum absolute atomic E-state index is 13.5. The molecule has 0 aliphatic heterocycles. The summed E-state index contributed by atoms with van der Waals surface area (Å²) in [6, 6.07) is 11.7. The highest BCUT2D eigenvalue weighted by atomic mass is 127. The predicted octanol–water partition coefficient (Wildman–Crippen LogP) is 3.62. The van der Waals surface area contributed by atoms with Crippen molar-refractivity contribution in [3.8, 4) is 0 Å². The SMILES string of the molecule is CN=C(NCCc1ccc(S(C)(=O)=O)cc1)NCc1ccc(F)cc1CSC.I. The average molecular weight is 551 g/mol. The second kappa shape index (κ2) is 12.4. The molecule has 29 heavy (non-hydrogen) atoms. The molecule has 0 fully saturated rings. The van der Waals surface area contributed by atoms with Crippen molar-refractivity contribution >= 4 is 51.5 Å². The van der Waals surface area contributed by atoms with Gasteiger partial charge in [0.05, 0.1) is 4.90 Å². The first-order chi connectivity index (χ1) is 13.3. The number of rotatable bonds is 8. The molecule has 0 saturated carbocycles. The van der Waals surface area contributed by atoms with Gasteiger partial charge in [-0.05, 0) is 53.6 Å². The van der Waals surface area contributed by atoms with E-state index in [-0.39, 0.29) is 29.8 Å². The van der Waals surface area contributed by atoms with E-state index in [1.807, 2.05) is 18.4 Å². The zero-order valence-electron chi connectivity index (χ0n) is 16.7. The Morgan fingerprint density at radius 2 is 1.79 bits per heavy atom. The van der Waals surface area contributed by atoms with Gasteiger partial charge in [0.2, 0.25) is 0 Å². The van der Waals surface area contributed by atoms with E-state index in [0.29, 0.717) is 23.9 Å². The quantitative estimate of drug-likeness (QED) is 0.298. The minimum absolute atomic E-state index is 0. The predicted molar refractivity (Wildman–Crippen MR) is 130 cm³/mol. The van der Waals surface area contributed by atoms with Crippen molar-refractivity contribution in [1.29, 1.82) is 0 Å². The number of aliphatic imine (C=N–C) groups is 1. The minimum atomic E-state index is -3.17. The number of nitrogens with zero attached hydrogens (tertiary/aromatic N) is 1. The van der Waals surface area contributed by atoms with Crippen LogP contribution in [0.5, 0.6) is 0 Å². The first-order valence-electron chi connectivity index (χ1n) is 8.83. The fourth-order valence-electron chi connectivity index (χ4n) is 2.68. The molecule has 2 rings (SSSR count). The van der Waals surface area contributed by atoms with Crippen LogP contribution in [0.4, 0.5) is 4.39 Å². The number of halogens is 2. The van der Waals surface area contributed by atoms with E-state index < -0.39 is 9.84 Å². The van der Waals surface area contributed by atoms with Crippen molar-refractivity contribution in [2.45, 2.75) is 23.6 Å². The molecular formula is C20H27FIN3O2S2. The maximum atomic E-state index is 13.5. The lowest BCUT2D eigenvalue weighted by molar-refractivity contribution is 0.602. The molecule has 0 saturated heterocycles. The Bertz CT molecular complexity index is 920. The lowest BCUT2D eigenvalue weighted by Gasteiger charge is -2.14. The number of hydrogen-bond acceptors (Lipinski definition) is 4. The van der Waals surface area contributed by atoms with E-state index >= 15 is 0 Å². The molecule has 0 aliphatic carbocycles. The second-order valence-electron chi connectivity index (χ2n) is 6.36. The van der Waals surface area contributed by atoms with E-state index in [1.54, 1.807) is 43.1 Å². The molecule has 5 nitrogen and oxygen atoms in total. The number of nitrogens with one attached hydrogen (secondary N) is 2. The summed E-state index contributed by atoms with van der Waals surface area (Å²) < 4.78 is 36.5. The molecule has 0 spiro atoms. The highest BCUT2D eigenvalue weighted by molar-refractivity contribution is 14.0. The Kier molecular flexibility index (Phi) is 11.0. The Morgan fingerprint density at radius 1 is 1.10 bits per heavy atom. The van der Waals surface area contributed by atoms with Gasteiger partial charge < -0.3 is 10.6 Å². The van der Waals surface area contributed by atoms with Gasteiger partial charge >= 0.3 is 0 Å². The standard InChI is InChI=1S/C20H26FN3O2S2.HI/c1-22-20(24-13-16-6-7-18(21)12-17(16)14-27-2)23-11-10-15-4-8-19(9-5-15)28(3,25)26;/h4-9,12H,10-11,13-14H2,1-3H3,(H2,22,23,24);1H. The highest BCUT2D eigenvalue weighted by Crippen LogP contribution is 2.16. The van der Waals surface area contributed by atoms with Crippen LogP contribution >= 0.6 is 35.7 Å². The van der Waals surface area contributed by atoms with Gasteiger partial charge in [0.25, 0.3) is 0 Å². The first-order valence-corrected chi connectivity index (χ1v) is 12.1. The third-order valence-electron chi connectivity index (χ3n) is 4.20. The Hall–Kier alpha value is -1.33. The van der Waals surface area contributed by atoms with Gasteiger partial charge in [-0.3, -0.25) is 4.99 Å². The fourth-order valence-corrected chi connectivity index (χ4v) is 3.90. The third kappa shape index (κ3) is 8.51. The van der Waals surface area contributed by atoms with Crippen molar-refractivity contribution < 1.29 is 12.8 Å². The van der Waals surface area contributed by atoms with Gasteiger partial charge in [-0.2, -0.15) is 11.8 Å². The summed E-state index contributed by atoms with van der Waals surface area (Å²) in [4.78, 5) is 4.53. The van der Waals surface area contributed by atoms with E-state index in [2.05, 4.69) is 15.6 Å². The van der Waals surface area contributed by atoms with Crippen LogP contribution in [0, 0.1) is 5.82 Å². The van der Waals surface area contributed by atoms with Crippen LogP contribution in [-0.2, 0) is 28.6 Å². The van der Waals surface area contributed by atoms with Crippen LogP contribution in [0.15, 0.2) is 52.4 Å². The fraction of sp³-hybridized carbons (Fsp3) is 0.350. The number of hydrogen-bond donors (Lipinski definition) is 2. The maximum Gasteiger partial charge on any atom is 0.191 e. The topological polar surface area (TPSA) is 70.6 Å². The monoisotopic (exact) mass is 551 g/mol. The number of thioether (sulfide) groups is 1. The summed E-state index contributed by atoms with van der Waals surface area (Å²) in [5.41, 5.74) is 3.05. The number of benzene rings is 2. The third-order valence-corrected chi connectivity index (χ3v) is 5.92. The molecule has 0 radical (unpaired) electrons. The van der Waals surface area contributed by atoms with E-state index in [0.717, 1.165) is 28.9 Å². The number of sulfone groups is 1. The molecule has 2 N–H and O–H groups in total. The summed E-state index contributed by atoms with van der Waals surface area (Å²) in [5, 5.41) is 6.48. The molecule has 160 valence electrons. The van der Waals surface area contributed by atoms with Crippen molar-refractivity contribution in [2.24, 2.45) is 4.99 Å². The number of guanidine groups is 1. The summed E-state index contributed by atoms with van der Waals surface area (Å²) in [6.07, 6.45) is 3.93. The molecular weight excluding hydrogens is 524 g/mol. The summed E-state index contributed by atoms with van der Waals surface area (Å²) >= 11 is 1.65. The summed E-state index contributed by atoms with van der Waals surface area (Å²) in [5.74, 6) is 1.19. The van der Waals surface area contributed by atoms with E-state index in [4.69, 9.17) is 0 Å². The zero-order chi connectivity index (χ0) is 20.6. The Morgan fingerprint density at radius 3 is 2.38 bits per heavy atom. The van der Waals surface area contributed by atoms with Crippen molar-refractivity contribution in [3.05, 3.63) is 65.0 Å². The summed E-state index contributed by atoms with van der Waals surface area (Å²) in [6.45, 7) is 1.21. The Labute approximate surface area is 193 Å². The van der Waals surface area contributed by atoms with Gasteiger partial charge in [0.15, 0.2) is 15.8 Å². The molecule has 0 amide bonds. The van der Waals surface area contributed by atoms with Crippen molar-refractivity contribution in [1.82, 2.24) is 10.6 Å². The van der Waals surface area contributed by atoms with E-state index in [9.17, 15) is 12.8 Å². The molecule has 2 aromatic rings. The lowest BCUT2D eigenvalue weighted by Crippen LogP contribution is -2.38. The second-order valence-corrected chi connectivity index (χ2v) is 9.25. The van der Waals surface area contributed by atoms with Crippen LogP contribution in [0.1, 0.15) is 16.7 Å². The van der Waals surface area contributed by atoms with Gasteiger partial charge in [-0.25, -0.2) is 12.8 Å². The smallest absolute Gasteiger partial charge is 0.191 e. The largest absolute Gasteiger partial charge is 0.356 e. The van der Waals surface area contributed by atoms with Crippen molar-refractivity contribution in [3.63, 3.8) is 0 Å². The minimum Gasteiger partial charge on any atom is -0.356 e.